The molecule has 3 heterocycles. The third kappa shape index (κ3) is 4.95. The van der Waals surface area contributed by atoms with Gasteiger partial charge in [0.2, 0.25) is 10.0 Å². The van der Waals surface area contributed by atoms with Crippen LogP contribution in [0.3, 0.4) is 0 Å². The lowest BCUT2D eigenvalue weighted by Crippen LogP contribution is -2.22. The van der Waals surface area contributed by atoms with Crippen LogP contribution in [-0.4, -0.2) is 44.2 Å². The summed E-state index contributed by atoms with van der Waals surface area (Å²) in [7, 11) is -3.48. The molecule has 0 aliphatic heterocycles. The molecule has 10 nitrogen and oxygen atoms in total. The molecule has 0 atom stereocenters. The third-order valence-electron chi connectivity index (χ3n) is 6.09. The SMILES string of the molecule is CS(=O)(=O)Nc1cccc(-n2ncc3c(=O)n(-c4ccc(Cl)cc4)c(-c4ccc(-c5cccnn5)cc4)nc32)c1. The van der Waals surface area contributed by atoms with Crippen molar-refractivity contribution in [2.75, 3.05) is 11.0 Å². The normalized spacial score (nSPS) is 11.6. The molecular weight excluding hydrogens is 550 g/mol. The van der Waals surface area contributed by atoms with Crippen LogP contribution in [0.2, 0.25) is 5.02 Å². The van der Waals surface area contributed by atoms with Gasteiger partial charge >= 0.3 is 0 Å². The summed E-state index contributed by atoms with van der Waals surface area (Å²) in [4.78, 5) is 18.8. The second-order valence-electron chi connectivity index (χ2n) is 8.96. The van der Waals surface area contributed by atoms with Gasteiger partial charge in [0, 0.05) is 22.3 Å². The minimum Gasteiger partial charge on any atom is -0.284 e. The fraction of sp³-hybridized carbons (Fsp3) is 0.0357. The van der Waals surface area contributed by atoms with Crippen LogP contribution < -0.4 is 10.3 Å². The molecule has 1 N–H and O–H groups in total. The maximum Gasteiger partial charge on any atom is 0.269 e. The Morgan fingerprint density at radius 1 is 0.875 bits per heavy atom. The molecule has 6 aromatic rings. The van der Waals surface area contributed by atoms with Crippen molar-refractivity contribution in [1.82, 2.24) is 29.5 Å². The highest BCUT2D eigenvalue weighted by Gasteiger charge is 2.19. The predicted molar refractivity (Wildman–Crippen MR) is 154 cm³/mol. The van der Waals surface area contributed by atoms with Gasteiger partial charge in [0.25, 0.3) is 5.56 Å². The number of anilines is 1. The van der Waals surface area contributed by atoms with E-state index in [-0.39, 0.29) is 10.9 Å². The Morgan fingerprint density at radius 2 is 1.62 bits per heavy atom. The van der Waals surface area contributed by atoms with E-state index in [2.05, 4.69) is 20.0 Å². The van der Waals surface area contributed by atoms with Crippen molar-refractivity contribution in [2.24, 2.45) is 0 Å². The summed E-state index contributed by atoms with van der Waals surface area (Å²) in [6.45, 7) is 0. The minimum atomic E-state index is -3.48. The topological polar surface area (TPSA) is 125 Å². The van der Waals surface area contributed by atoms with Crippen molar-refractivity contribution < 1.29 is 8.42 Å². The lowest BCUT2D eigenvalue weighted by atomic mass is 10.1. The molecular formula is C28H20ClN7O3S. The molecule has 0 bridgehead atoms. The van der Waals surface area contributed by atoms with Crippen LogP contribution in [0.15, 0.2) is 102 Å². The van der Waals surface area contributed by atoms with Crippen molar-refractivity contribution in [3.63, 3.8) is 0 Å². The van der Waals surface area contributed by atoms with Crippen molar-refractivity contribution >= 4 is 38.3 Å². The Kier molecular flexibility index (Phi) is 6.37. The second kappa shape index (κ2) is 10.0. The van der Waals surface area contributed by atoms with Gasteiger partial charge in [-0.3, -0.25) is 14.1 Å². The number of hydrogen-bond acceptors (Lipinski definition) is 7. The number of nitrogens with zero attached hydrogens (tertiary/aromatic N) is 6. The maximum atomic E-state index is 13.9. The largest absolute Gasteiger partial charge is 0.284 e. The van der Waals surface area contributed by atoms with E-state index in [1.165, 1.54) is 15.4 Å². The lowest BCUT2D eigenvalue weighted by molar-refractivity contribution is 0.607. The zero-order valence-corrected chi connectivity index (χ0v) is 22.5. The molecule has 0 saturated carbocycles. The molecule has 0 unspecified atom stereocenters. The summed E-state index contributed by atoms with van der Waals surface area (Å²) in [5.74, 6) is 0.387. The fourth-order valence-corrected chi connectivity index (χ4v) is 5.02. The molecule has 0 radical (unpaired) electrons. The van der Waals surface area contributed by atoms with Gasteiger partial charge < -0.3 is 0 Å². The van der Waals surface area contributed by atoms with Crippen LogP contribution in [0, 0.1) is 0 Å². The highest BCUT2D eigenvalue weighted by Crippen LogP contribution is 2.27. The molecule has 198 valence electrons. The zero-order chi connectivity index (χ0) is 27.9. The van der Waals surface area contributed by atoms with Crippen molar-refractivity contribution in [1.29, 1.82) is 0 Å². The summed E-state index contributed by atoms with van der Waals surface area (Å²) in [6.07, 6.45) is 4.14. The molecule has 0 fully saturated rings. The molecule has 0 aliphatic carbocycles. The summed E-state index contributed by atoms with van der Waals surface area (Å²) in [5.41, 5.74) is 3.73. The van der Waals surface area contributed by atoms with E-state index < -0.39 is 10.0 Å². The number of rotatable bonds is 6. The Hall–Kier alpha value is -4.87. The molecule has 6 rings (SSSR count). The van der Waals surface area contributed by atoms with Crippen LogP contribution in [0.25, 0.3) is 45.1 Å². The van der Waals surface area contributed by atoms with Gasteiger partial charge in [-0.2, -0.15) is 15.3 Å². The number of aromatic nitrogens is 6. The van der Waals surface area contributed by atoms with Gasteiger partial charge in [-0.25, -0.2) is 18.1 Å². The van der Waals surface area contributed by atoms with E-state index in [0.29, 0.717) is 44.8 Å². The standard InChI is InChI=1S/C28H20ClN7O3S/c1-40(38,39)34-21-4-2-5-23(16-21)36-27-24(17-31-36)28(37)35(22-13-11-20(29)12-14-22)26(32-27)19-9-7-18(8-10-19)25-6-3-15-30-33-25/h2-17,34H,1H3. The molecule has 3 aromatic carbocycles. The zero-order valence-electron chi connectivity index (χ0n) is 20.9. The molecule has 40 heavy (non-hydrogen) atoms. The maximum absolute atomic E-state index is 13.9. The van der Waals surface area contributed by atoms with Gasteiger partial charge in [0.1, 0.15) is 11.2 Å². The Balaban J connectivity index is 1.55. The molecule has 0 amide bonds. The number of benzene rings is 3. The number of nitrogens with one attached hydrogen (secondary N) is 1. The van der Waals surface area contributed by atoms with Crippen LogP contribution >= 0.6 is 11.6 Å². The first-order valence-electron chi connectivity index (χ1n) is 12.0. The highest BCUT2D eigenvalue weighted by molar-refractivity contribution is 7.92. The van der Waals surface area contributed by atoms with Gasteiger partial charge in [-0.1, -0.05) is 41.9 Å². The summed E-state index contributed by atoms with van der Waals surface area (Å²) in [5, 5.41) is 13.4. The third-order valence-corrected chi connectivity index (χ3v) is 6.95. The van der Waals surface area contributed by atoms with E-state index in [0.717, 1.165) is 11.8 Å². The first-order chi connectivity index (χ1) is 19.3. The molecule has 0 spiro atoms. The average molecular weight is 570 g/mol. The summed E-state index contributed by atoms with van der Waals surface area (Å²) < 4.78 is 29.0. The fourth-order valence-electron chi connectivity index (χ4n) is 4.34. The number of fused-ring (bicyclic) bond motifs is 1. The number of hydrogen-bond donors (Lipinski definition) is 1. The van der Waals surface area contributed by atoms with E-state index in [9.17, 15) is 13.2 Å². The van der Waals surface area contributed by atoms with Crippen LogP contribution in [-0.2, 0) is 10.0 Å². The van der Waals surface area contributed by atoms with Crippen LogP contribution in [0.4, 0.5) is 5.69 Å². The second-order valence-corrected chi connectivity index (χ2v) is 11.1. The first-order valence-corrected chi connectivity index (χ1v) is 14.3. The Bertz CT molecular complexity index is 2020. The van der Waals surface area contributed by atoms with Gasteiger partial charge in [0.05, 0.1) is 35.2 Å². The smallest absolute Gasteiger partial charge is 0.269 e. The van der Waals surface area contributed by atoms with E-state index >= 15 is 0 Å². The summed E-state index contributed by atoms with van der Waals surface area (Å²) in [6, 6.07) is 24.8. The average Bonchev–Trinajstić information content (AvgIpc) is 3.38. The van der Waals surface area contributed by atoms with Gasteiger partial charge in [0.15, 0.2) is 5.65 Å². The van der Waals surface area contributed by atoms with Crippen molar-refractivity contribution in [3.05, 3.63) is 113 Å². The van der Waals surface area contributed by atoms with Gasteiger partial charge in [-0.05, 0) is 54.6 Å². The molecule has 3 aromatic heterocycles. The molecule has 12 heteroatoms. The minimum absolute atomic E-state index is 0.288. The first kappa shape index (κ1) is 25.4. The predicted octanol–water partition coefficient (Wildman–Crippen LogP) is 4.72. The molecule has 0 saturated heterocycles. The highest BCUT2D eigenvalue weighted by atomic mass is 35.5. The van der Waals surface area contributed by atoms with Gasteiger partial charge in [-0.15, -0.1) is 0 Å². The van der Waals surface area contributed by atoms with Crippen LogP contribution in [0.5, 0.6) is 0 Å². The quantitative estimate of drug-likeness (QED) is 0.308. The van der Waals surface area contributed by atoms with Crippen molar-refractivity contribution in [2.45, 2.75) is 0 Å². The summed E-state index contributed by atoms with van der Waals surface area (Å²) >= 11 is 6.12. The number of sulfonamides is 1. The van der Waals surface area contributed by atoms with E-state index in [4.69, 9.17) is 16.6 Å². The van der Waals surface area contributed by atoms with Crippen molar-refractivity contribution in [3.8, 4) is 34.0 Å². The number of halogens is 1. The monoisotopic (exact) mass is 569 g/mol. The van der Waals surface area contributed by atoms with E-state index in [1.54, 1.807) is 54.7 Å². The van der Waals surface area contributed by atoms with E-state index in [1.807, 2.05) is 36.4 Å². The van der Waals surface area contributed by atoms with Crippen LogP contribution in [0.1, 0.15) is 0 Å². The Morgan fingerprint density at radius 3 is 2.33 bits per heavy atom. The lowest BCUT2D eigenvalue weighted by Gasteiger charge is -2.14. The Labute approximate surface area is 233 Å². The molecule has 0 aliphatic rings.